The first-order valence-electron chi connectivity index (χ1n) is 5.57. The Morgan fingerprint density at radius 1 is 1.47 bits per heavy atom. The summed E-state index contributed by atoms with van der Waals surface area (Å²) in [6.45, 7) is 2.73. The first-order valence-corrected chi connectivity index (χ1v) is 5.57. The fourth-order valence-corrected chi connectivity index (χ4v) is 1.32. The molecule has 0 saturated carbocycles. The number of hydrogen-bond acceptors (Lipinski definition) is 3. The maximum Gasteiger partial charge on any atom is 0.315 e. The Balaban J connectivity index is 2.08. The second kappa shape index (κ2) is 6.67. The summed E-state index contributed by atoms with van der Waals surface area (Å²) in [5, 5.41) is 11.2. The normalized spacial score (nSPS) is 12.1. The maximum absolute atomic E-state index is 11.3. The van der Waals surface area contributed by atoms with E-state index in [0.717, 1.165) is 19.4 Å². The zero-order chi connectivity index (χ0) is 12.7. The van der Waals surface area contributed by atoms with Crippen LogP contribution in [0.1, 0.15) is 19.8 Å². The Kier molecular flexibility index (Phi) is 5.19. The van der Waals surface area contributed by atoms with Crippen molar-refractivity contribution >= 4 is 11.9 Å². The number of nitrogens with one attached hydrogen (secondary N) is 1. The van der Waals surface area contributed by atoms with E-state index in [2.05, 4.69) is 10.3 Å². The van der Waals surface area contributed by atoms with Crippen molar-refractivity contribution in [2.45, 2.75) is 26.3 Å². The van der Waals surface area contributed by atoms with Crippen LogP contribution in [0.5, 0.6) is 0 Å². The van der Waals surface area contributed by atoms with Crippen molar-refractivity contribution in [1.82, 2.24) is 14.9 Å². The second-order valence-corrected chi connectivity index (χ2v) is 3.86. The van der Waals surface area contributed by atoms with E-state index < -0.39 is 17.8 Å². The molecule has 0 radical (unpaired) electrons. The number of aromatic nitrogens is 2. The number of aliphatic carboxylic acids is 1. The number of carboxylic acid groups (broad SMARTS) is 1. The third-order valence-electron chi connectivity index (χ3n) is 2.47. The Bertz CT molecular complexity index is 362. The molecule has 0 aromatic carbocycles. The lowest BCUT2D eigenvalue weighted by Crippen LogP contribution is -2.34. The number of carboxylic acids is 1. The van der Waals surface area contributed by atoms with Crippen LogP contribution in [-0.2, 0) is 16.1 Å². The van der Waals surface area contributed by atoms with Crippen LogP contribution in [0.4, 0.5) is 0 Å². The lowest BCUT2D eigenvalue weighted by Gasteiger charge is -2.08. The number of rotatable bonds is 7. The third-order valence-corrected chi connectivity index (χ3v) is 2.47. The van der Waals surface area contributed by atoms with Gasteiger partial charge in [0.1, 0.15) is 5.92 Å². The number of imidazole rings is 1. The standard InChI is InChI=1S/C11H17N3O3/c1-9(11(16)17)10(15)13-4-2-3-6-14-7-5-12-8-14/h5,7-9H,2-4,6H2,1H3,(H,13,15)(H,16,17). The van der Waals surface area contributed by atoms with Crippen molar-refractivity contribution in [3.8, 4) is 0 Å². The monoisotopic (exact) mass is 239 g/mol. The maximum atomic E-state index is 11.3. The van der Waals surface area contributed by atoms with Gasteiger partial charge in [0.25, 0.3) is 0 Å². The van der Waals surface area contributed by atoms with Gasteiger partial charge in [-0.2, -0.15) is 0 Å². The number of hydrogen-bond donors (Lipinski definition) is 2. The highest BCUT2D eigenvalue weighted by atomic mass is 16.4. The van der Waals surface area contributed by atoms with Gasteiger partial charge in [-0.3, -0.25) is 9.59 Å². The molecular weight excluding hydrogens is 222 g/mol. The van der Waals surface area contributed by atoms with Crippen molar-refractivity contribution in [2.24, 2.45) is 5.92 Å². The van der Waals surface area contributed by atoms with Gasteiger partial charge in [-0.25, -0.2) is 4.98 Å². The van der Waals surface area contributed by atoms with Gasteiger partial charge in [0.2, 0.25) is 5.91 Å². The Hall–Kier alpha value is -1.85. The van der Waals surface area contributed by atoms with Crippen molar-refractivity contribution in [3.63, 3.8) is 0 Å². The van der Waals surface area contributed by atoms with Gasteiger partial charge in [-0.1, -0.05) is 0 Å². The lowest BCUT2D eigenvalue weighted by atomic mass is 10.1. The highest BCUT2D eigenvalue weighted by Crippen LogP contribution is 1.97. The first-order chi connectivity index (χ1) is 8.11. The van der Waals surface area contributed by atoms with Crippen LogP contribution in [-0.4, -0.2) is 33.1 Å². The summed E-state index contributed by atoms with van der Waals surface area (Å²) in [4.78, 5) is 25.7. The fraction of sp³-hybridized carbons (Fsp3) is 0.545. The number of carbonyl (C=O) groups excluding carboxylic acids is 1. The minimum Gasteiger partial charge on any atom is -0.481 e. The molecule has 1 heterocycles. The van der Waals surface area contributed by atoms with Crippen molar-refractivity contribution in [3.05, 3.63) is 18.7 Å². The lowest BCUT2D eigenvalue weighted by molar-refractivity contribution is -0.146. The van der Waals surface area contributed by atoms with Crippen molar-refractivity contribution in [2.75, 3.05) is 6.54 Å². The van der Waals surface area contributed by atoms with Gasteiger partial charge in [-0.05, 0) is 19.8 Å². The Labute approximate surface area is 99.7 Å². The van der Waals surface area contributed by atoms with Crippen LogP contribution >= 0.6 is 0 Å². The molecule has 0 aliphatic carbocycles. The molecule has 1 rings (SSSR count). The molecule has 1 aromatic heterocycles. The number of nitrogens with zero attached hydrogens (tertiary/aromatic N) is 2. The molecule has 0 fully saturated rings. The molecule has 94 valence electrons. The number of amides is 1. The third kappa shape index (κ3) is 4.67. The quantitative estimate of drug-likeness (QED) is 0.536. The fourth-order valence-electron chi connectivity index (χ4n) is 1.32. The zero-order valence-electron chi connectivity index (χ0n) is 9.80. The number of aryl methyl sites for hydroxylation is 1. The van der Waals surface area contributed by atoms with Gasteiger partial charge >= 0.3 is 5.97 Å². The topological polar surface area (TPSA) is 84.2 Å². The van der Waals surface area contributed by atoms with Gasteiger partial charge in [0.15, 0.2) is 0 Å². The molecule has 0 spiro atoms. The van der Waals surface area contributed by atoms with Gasteiger partial charge in [0.05, 0.1) is 6.33 Å². The van der Waals surface area contributed by atoms with E-state index in [1.54, 1.807) is 12.5 Å². The van der Waals surface area contributed by atoms with E-state index in [9.17, 15) is 9.59 Å². The summed E-state index contributed by atoms with van der Waals surface area (Å²) in [5.41, 5.74) is 0. The van der Waals surface area contributed by atoms with Gasteiger partial charge in [0, 0.05) is 25.5 Å². The smallest absolute Gasteiger partial charge is 0.315 e. The summed E-state index contributed by atoms with van der Waals surface area (Å²) >= 11 is 0. The van der Waals surface area contributed by atoms with Gasteiger partial charge < -0.3 is 15.0 Å². The molecule has 0 aliphatic rings. The summed E-state index contributed by atoms with van der Waals surface area (Å²) in [6.07, 6.45) is 7.07. The van der Waals surface area contributed by atoms with E-state index in [-0.39, 0.29) is 0 Å². The second-order valence-electron chi connectivity index (χ2n) is 3.86. The summed E-state index contributed by atoms with van der Waals surface area (Å²) in [6, 6.07) is 0. The molecule has 6 nitrogen and oxygen atoms in total. The van der Waals surface area contributed by atoms with E-state index >= 15 is 0 Å². The molecule has 0 saturated heterocycles. The van der Waals surface area contributed by atoms with Crippen LogP contribution < -0.4 is 5.32 Å². The SMILES string of the molecule is CC(C(=O)O)C(=O)NCCCCn1ccnc1. The largest absolute Gasteiger partial charge is 0.481 e. The average Bonchev–Trinajstić information content (AvgIpc) is 2.80. The molecule has 0 aliphatic heterocycles. The van der Waals surface area contributed by atoms with Crippen molar-refractivity contribution in [1.29, 1.82) is 0 Å². The van der Waals surface area contributed by atoms with Crippen molar-refractivity contribution < 1.29 is 14.7 Å². The Morgan fingerprint density at radius 3 is 2.82 bits per heavy atom. The number of carbonyl (C=O) groups is 2. The van der Waals surface area contributed by atoms with E-state index in [0.29, 0.717) is 6.54 Å². The molecule has 6 heteroatoms. The van der Waals surface area contributed by atoms with Crippen LogP contribution in [0.3, 0.4) is 0 Å². The molecule has 1 aromatic rings. The highest BCUT2D eigenvalue weighted by molar-refractivity contribution is 5.96. The van der Waals surface area contributed by atoms with Crippen LogP contribution in [0, 0.1) is 5.92 Å². The number of unbranched alkanes of at least 4 members (excludes halogenated alkanes) is 1. The molecule has 0 bridgehead atoms. The van der Waals surface area contributed by atoms with E-state index in [1.165, 1.54) is 6.92 Å². The summed E-state index contributed by atoms with van der Waals surface area (Å²) < 4.78 is 1.96. The highest BCUT2D eigenvalue weighted by Gasteiger charge is 2.19. The summed E-state index contributed by atoms with van der Waals surface area (Å²) in [7, 11) is 0. The zero-order valence-corrected chi connectivity index (χ0v) is 9.80. The van der Waals surface area contributed by atoms with E-state index in [4.69, 9.17) is 5.11 Å². The minimum absolute atomic E-state index is 0.430. The Morgan fingerprint density at radius 2 is 2.24 bits per heavy atom. The van der Waals surface area contributed by atoms with Gasteiger partial charge in [-0.15, -0.1) is 0 Å². The van der Waals surface area contributed by atoms with Crippen LogP contribution in [0.2, 0.25) is 0 Å². The predicted octanol–water partition coefficient (Wildman–Crippen LogP) is 0.500. The van der Waals surface area contributed by atoms with E-state index in [1.807, 2.05) is 10.8 Å². The summed E-state index contributed by atoms with van der Waals surface area (Å²) in [5.74, 6) is -2.51. The molecule has 1 amide bonds. The van der Waals surface area contributed by atoms with Crippen LogP contribution in [0.15, 0.2) is 18.7 Å². The minimum atomic E-state index is -1.10. The molecule has 2 N–H and O–H groups in total. The first kappa shape index (κ1) is 13.2. The molecule has 17 heavy (non-hydrogen) atoms. The van der Waals surface area contributed by atoms with Crippen LogP contribution in [0.25, 0.3) is 0 Å². The molecule has 1 unspecified atom stereocenters. The molecule has 1 atom stereocenters. The molecular formula is C11H17N3O3. The predicted molar refractivity (Wildman–Crippen MR) is 61.3 cm³/mol. The average molecular weight is 239 g/mol.